The van der Waals surface area contributed by atoms with Crippen LogP contribution in [0.25, 0.3) is 5.70 Å². The van der Waals surface area contributed by atoms with Crippen LogP contribution >= 0.6 is 0 Å². The number of nitrogens with one attached hydrogen (secondary N) is 1. The SMILES string of the molecule is C=C1c2ccccc2C(=O)N1CC(=O)NC(C)(C)CO. The minimum Gasteiger partial charge on any atom is -0.394 e. The lowest BCUT2D eigenvalue weighted by atomic mass is 10.1. The Kier molecular flexibility index (Phi) is 3.63. The van der Waals surface area contributed by atoms with Gasteiger partial charge in [-0.1, -0.05) is 24.8 Å². The first-order chi connectivity index (χ1) is 9.35. The van der Waals surface area contributed by atoms with Crippen LogP contribution in [0.5, 0.6) is 0 Å². The van der Waals surface area contributed by atoms with Crippen molar-refractivity contribution in [1.29, 1.82) is 0 Å². The zero-order valence-electron chi connectivity index (χ0n) is 11.6. The molecular weight excluding hydrogens is 256 g/mol. The first kappa shape index (κ1) is 14.3. The monoisotopic (exact) mass is 274 g/mol. The van der Waals surface area contributed by atoms with Gasteiger partial charge in [-0.2, -0.15) is 0 Å². The normalized spacial score (nSPS) is 14.4. The highest BCUT2D eigenvalue weighted by Gasteiger charge is 2.32. The minimum absolute atomic E-state index is 0.101. The van der Waals surface area contributed by atoms with Crippen LogP contribution in [0.3, 0.4) is 0 Å². The van der Waals surface area contributed by atoms with Gasteiger partial charge in [0.25, 0.3) is 5.91 Å². The van der Waals surface area contributed by atoms with Crippen LogP contribution in [0.15, 0.2) is 30.8 Å². The number of aliphatic hydroxyl groups excluding tert-OH is 1. The van der Waals surface area contributed by atoms with Crippen LogP contribution in [0.4, 0.5) is 0 Å². The lowest BCUT2D eigenvalue weighted by molar-refractivity contribution is -0.123. The maximum absolute atomic E-state index is 12.2. The Labute approximate surface area is 117 Å². The zero-order valence-corrected chi connectivity index (χ0v) is 11.6. The van der Waals surface area contributed by atoms with Crippen molar-refractivity contribution >= 4 is 17.5 Å². The van der Waals surface area contributed by atoms with Crippen molar-refractivity contribution in [3.8, 4) is 0 Å². The molecule has 1 aromatic rings. The van der Waals surface area contributed by atoms with E-state index in [0.717, 1.165) is 5.56 Å². The second-order valence-corrected chi connectivity index (χ2v) is 5.47. The topological polar surface area (TPSA) is 69.6 Å². The summed E-state index contributed by atoms with van der Waals surface area (Å²) in [5.74, 6) is -0.547. The predicted molar refractivity (Wildman–Crippen MR) is 75.8 cm³/mol. The molecule has 2 N–H and O–H groups in total. The van der Waals surface area contributed by atoms with Crippen molar-refractivity contribution in [3.63, 3.8) is 0 Å². The Balaban J connectivity index is 2.11. The standard InChI is InChI=1S/C15H18N2O3/c1-10-11-6-4-5-7-12(11)14(20)17(10)8-13(19)16-15(2,3)9-18/h4-7,18H,1,8-9H2,2-3H3,(H,16,19). The molecule has 2 amide bonds. The predicted octanol–water partition coefficient (Wildman–Crippen LogP) is 1.00. The van der Waals surface area contributed by atoms with E-state index in [1.165, 1.54) is 4.90 Å². The lowest BCUT2D eigenvalue weighted by Crippen LogP contribution is -2.49. The van der Waals surface area contributed by atoms with Crippen molar-refractivity contribution < 1.29 is 14.7 Å². The van der Waals surface area contributed by atoms with Gasteiger partial charge in [0.15, 0.2) is 0 Å². The molecule has 1 aliphatic rings. The highest BCUT2D eigenvalue weighted by Crippen LogP contribution is 2.30. The summed E-state index contributed by atoms with van der Waals surface area (Å²) in [5, 5.41) is 11.8. The molecule has 0 unspecified atom stereocenters. The molecule has 0 aromatic heterocycles. The van der Waals surface area contributed by atoms with Gasteiger partial charge in [-0.3, -0.25) is 14.5 Å². The number of hydrogen-bond donors (Lipinski definition) is 2. The number of carbonyl (C=O) groups excluding carboxylic acids is 2. The first-order valence-electron chi connectivity index (χ1n) is 6.38. The van der Waals surface area contributed by atoms with Gasteiger partial charge in [-0.25, -0.2) is 0 Å². The van der Waals surface area contributed by atoms with Crippen molar-refractivity contribution in [3.05, 3.63) is 42.0 Å². The van der Waals surface area contributed by atoms with E-state index in [4.69, 9.17) is 5.11 Å². The number of carbonyl (C=O) groups is 2. The number of benzene rings is 1. The van der Waals surface area contributed by atoms with Crippen molar-refractivity contribution in [1.82, 2.24) is 10.2 Å². The molecule has 0 saturated carbocycles. The van der Waals surface area contributed by atoms with Gasteiger partial charge >= 0.3 is 0 Å². The van der Waals surface area contributed by atoms with E-state index in [2.05, 4.69) is 11.9 Å². The van der Waals surface area contributed by atoms with Crippen LogP contribution in [-0.2, 0) is 4.79 Å². The molecule has 106 valence electrons. The number of rotatable bonds is 4. The summed E-state index contributed by atoms with van der Waals surface area (Å²) in [6.45, 7) is 7.02. The van der Waals surface area contributed by atoms with Gasteiger partial charge in [0.1, 0.15) is 6.54 Å². The van der Waals surface area contributed by atoms with E-state index in [1.807, 2.05) is 12.1 Å². The summed E-state index contributed by atoms with van der Waals surface area (Å²) in [7, 11) is 0. The van der Waals surface area contributed by atoms with Crippen LogP contribution in [-0.4, -0.2) is 40.5 Å². The smallest absolute Gasteiger partial charge is 0.259 e. The second kappa shape index (κ2) is 5.09. The highest BCUT2D eigenvalue weighted by atomic mass is 16.3. The molecule has 2 rings (SSSR count). The number of fused-ring (bicyclic) bond motifs is 1. The number of nitrogens with zero attached hydrogens (tertiary/aromatic N) is 1. The molecular formula is C15H18N2O3. The summed E-state index contributed by atoms with van der Waals surface area (Å²) >= 11 is 0. The summed E-state index contributed by atoms with van der Waals surface area (Å²) in [4.78, 5) is 25.5. The maximum atomic E-state index is 12.2. The molecule has 0 aliphatic carbocycles. The van der Waals surface area contributed by atoms with Crippen LogP contribution in [0.1, 0.15) is 29.8 Å². The molecule has 0 saturated heterocycles. The van der Waals surface area contributed by atoms with Gasteiger partial charge in [0, 0.05) is 16.8 Å². The average Bonchev–Trinajstić information content (AvgIpc) is 2.64. The molecule has 1 aliphatic heterocycles. The molecule has 1 heterocycles. The fourth-order valence-electron chi connectivity index (χ4n) is 2.10. The molecule has 0 bridgehead atoms. The largest absolute Gasteiger partial charge is 0.394 e. The van der Waals surface area contributed by atoms with Crippen LogP contribution in [0, 0.1) is 0 Å². The molecule has 5 nitrogen and oxygen atoms in total. The Hall–Kier alpha value is -2.14. The van der Waals surface area contributed by atoms with Crippen LogP contribution in [0.2, 0.25) is 0 Å². The summed E-state index contributed by atoms with van der Waals surface area (Å²) in [6.07, 6.45) is 0. The highest BCUT2D eigenvalue weighted by molar-refractivity contribution is 6.10. The molecule has 5 heteroatoms. The van der Waals surface area contributed by atoms with Crippen molar-refractivity contribution in [2.75, 3.05) is 13.2 Å². The number of amides is 2. The molecule has 0 radical (unpaired) electrons. The van der Waals surface area contributed by atoms with E-state index < -0.39 is 5.54 Å². The van der Waals surface area contributed by atoms with E-state index in [1.54, 1.807) is 26.0 Å². The maximum Gasteiger partial charge on any atom is 0.259 e. The fourth-order valence-corrected chi connectivity index (χ4v) is 2.10. The van der Waals surface area contributed by atoms with E-state index in [9.17, 15) is 9.59 Å². The molecule has 20 heavy (non-hydrogen) atoms. The molecule has 1 aromatic carbocycles. The second-order valence-electron chi connectivity index (χ2n) is 5.47. The summed E-state index contributed by atoms with van der Waals surface area (Å²) < 4.78 is 0. The molecule has 0 spiro atoms. The Morgan fingerprint density at radius 1 is 1.35 bits per heavy atom. The van der Waals surface area contributed by atoms with E-state index >= 15 is 0 Å². The van der Waals surface area contributed by atoms with E-state index in [0.29, 0.717) is 11.3 Å². The van der Waals surface area contributed by atoms with Gasteiger partial charge < -0.3 is 10.4 Å². The quantitative estimate of drug-likeness (QED) is 0.860. The third kappa shape index (κ3) is 2.58. The van der Waals surface area contributed by atoms with Crippen LogP contribution < -0.4 is 5.32 Å². The molecule has 0 fully saturated rings. The molecule has 0 atom stereocenters. The summed E-state index contributed by atoms with van der Waals surface area (Å²) in [5.41, 5.74) is 1.13. The Morgan fingerprint density at radius 3 is 2.50 bits per heavy atom. The van der Waals surface area contributed by atoms with Gasteiger partial charge in [0.05, 0.1) is 12.1 Å². The van der Waals surface area contributed by atoms with Gasteiger partial charge in [0.2, 0.25) is 5.91 Å². The van der Waals surface area contributed by atoms with Crippen molar-refractivity contribution in [2.45, 2.75) is 19.4 Å². The minimum atomic E-state index is -0.714. The van der Waals surface area contributed by atoms with Gasteiger partial charge in [-0.15, -0.1) is 0 Å². The Morgan fingerprint density at radius 2 is 1.95 bits per heavy atom. The zero-order chi connectivity index (χ0) is 14.9. The average molecular weight is 274 g/mol. The van der Waals surface area contributed by atoms with Crippen molar-refractivity contribution in [2.24, 2.45) is 0 Å². The van der Waals surface area contributed by atoms with Gasteiger partial charge in [-0.05, 0) is 19.9 Å². The first-order valence-corrected chi connectivity index (χ1v) is 6.38. The lowest BCUT2D eigenvalue weighted by Gasteiger charge is -2.25. The number of hydrogen-bond acceptors (Lipinski definition) is 3. The van der Waals surface area contributed by atoms with E-state index in [-0.39, 0.29) is 25.0 Å². The fraction of sp³-hybridized carbons (Fsp3) is 0.333. The third-order valence-electron chi connectivity index (χ3n) is 3.21. The third-order valence-corrected chi connectivity index (χ3v) is 3.21. The Bertz CT molecular complexity index is 543. The number of aliphatic hydroxyl groups is 1. The summed E-state index contributed by atoms with van der Waals surface area (Å²) in [6, 6.07) is 7.14.